The van der Waals surface area contributed by atoms with Crippen LogP contribution < -0.4 is 5.32 Å². The maximum atomic E-state index is 11.4. The number of carbonyl (C=O) groups is 1. The Bertz CT molecular complexity index is 468. The molecule has 0 radical (unpaired) electrons. The number of halogens is 1. The van der Waals surface area contributed by atoms with E-state index in [0.717, 1.165) is 5.56 Å². The van der Waals surface area contributed by atoms with Crippen LogP contribution >= 0.6 is 23.8 Å². The zero-order valence-electron chi connectivity index (χ0n) is 9.56. The van der Waals surface area contributed by atoms with Gasteiger partial charge in [0.25, 0.3) is 11.1 Å². The Labute approximate surface area is 116 Å². The zero-order valence-corrected chi connectivity index (χ0v) is 11.1. The van der Waals surface area contributed by atoms with Crippen molar-refractivity contribution in [2.45, 2.75) is 0 Å². The lowest BCUT2D eigenvalue weighted by Crippen LogP contribution is -2.29. The molecule has 1 amide bonds. The molecule has 0 aliphatic carbocycles. The van der Waals surface area contributed by atoms with Gasteiger partial charge in [-0.1, -0.05) is 36.4 Å². The summed E-state index contributed by atoms with van der Waals surface area (Å²) in [7, 11) is 0. The number of nitrogens with one attached hydrogen (secondary N) is 1. The van der Waals surface area contributed by atoms with Crippen LogP contribution in [0.3, 0.4) is 0 Å². The van der Waals surface area contributed by atoms with E-state index in [1.165, 1.54) is 6.08 Å². The molecule has 0 saturated carbocycles. The zero-order chi connectivity index (χ0) is 13.4. The summed E-state index contributed by atoms with van der Waals surface area (Å²) in [5, 5.41) is 3.08. The molecule has 1 N–H and O–H groups in total. The molecule has 0 aromatic heterocycles. The van der Waals surface area contributed by atoms with Crippen LogP contribution in [0.15, 0.2) is 43.0 Å². The maximum absolute atomic E-state index is 11.4. The van der Waals surface area contributed by atoms with Crippen molar-refractivity contribution in [3.8, 4) is 0 Å². The fourth-order valence-corrected chi connectivity index (χ4v) is 1.35. The number of amides is 1. The minimum Gasteiger partial charge on any atom is -0.467 e. The number of carbonyl (C=O) groups excluding carboxylic acids is 1. The van der Waals surface area contributed by atoms with E-state index < -0.39 is 0 Å². The Morgan fingerprint density at radius 2 is 2.11 bits per heavy atom. The monoisotopic (exact) mass is 281 g/mol. The van der Waals surface area contributed by atoms with Crippen LogP contribution in [0.5, 0.6) is 0 Å². The quantitative estimate of drug-likeness (QED) is 0.524. The third-order valence-corrected chi connectivity index (χ3v) is 2.33. The number of thiocarbonyl (C=S) groups is 1. The Kier molecular flexibility index (Phi) is 6.11. The smallest absolute Gasteiger partial charge is 0.263 e. The number of hydrogen-bond donors (Lipinski definition) is 1. The predicted octanol–water partition coefficient (Wildman–Crippen LogP) is 2.96. The molecule has 0 heterocycles. The molecular formula is C13H12ClNO2S. The standard InChI is InChI=1S/C13H12ClNO2S/c1-2-9-17-13(18)15-12(16)8-5-10-3-6-11(14)7-4-10/h2-8H,1,9H2,(H,15,16,18)/b8-5-. The van der Waals surface area contributed by atoms with Crippen molar-refractivity contribution in [3.63, 3.8) is 0 Å². The van der Waals surface area contributed by atoms with Crippen LogP contribution in [0, 0.1) is 0 Å². The first-order valence-corrected chi connectivity index (χ1v) is 5.92. The molecule has 0 aliphatic rings. The number of ether oxygens (including phenoxy) is 1. The third kappa shape index (κ3) is 5.61. The Morgan fingerprint density at radius 1 is 1.44 bits per heavy atom. The van der Waals surface area contributed by atoms with Gasteiger partial charge in [-0.3, -0.25) is 10.1 Å². The molecule has 5 heteroatoms. The van der Waals surface area contributed by atoms with E-state index in [1.807, 2.05) is 0 Å². The van der Waals surface area contributed by atoms with Gasteiger partial charge in [0.1, 0.15) is 6.61 Å². The van der Waals surface area contributed by atoms with Crippen molar-refractivity contribution in [2.24, 2.45) is 0 Å². The van der Waals surface area contributed by atoms with E-state index in [0.29, 0.717) is 5.02 Å². The van der Waals surface area contributed by atoms with E-state index in [4.69, 9.17) is 28.6 Å². The summed E-state index contributed by atoms with van der Waals surface area (Å²) in [5.74, 6) is -0.348. The number of rotatable bonds is 4. The average Bonchev–Trinajstić information content (AvgIpc) is 2.35. The minimum absolute atomic E-state index is 0.0284. The van der Waals surface area contributed by atoms with Crippen molar-refractivity contribution >= 4 is 41.0 Å². The number of hydrogen-bond acceptors (Lipinski definition) is 3. The van der Waals surface area contributed by atoms with Gasteiger partial charge in [0, 0.05) is 11.1 Å². The highest BCUT2D eigenvalue weighted by molar-refractivity contribution is 7.80. The van der Waals surface area contributed by atoms with E-state index in [-0.39, 0.29) is 17.7 Å². The van der Waals surface area contributed by atoms with Gasteiger partial charge in [-0.15, -0.1) is 0 Å². The Hall–Kier alpha value is -1.65. The second kappa shape index (κ2) is 7.63. The molecule has 1 aromatic carbocycles. The van der Waals surface area contributed by atoms with Crippen molar-refractivity contribution in [1.29, 1.82) is 0 Å². The van der Waals surface area contributed by atoms with Crippen LogP contribution in [-0.4, -0.2) is 17.7 Å². The maximum Gasteiger partial charge on any atom is 0.263 e. The SMILES string of the molecule is C=CCOC(=S)NC(=O)/C=C\c1ccc(Cl)cc1. The van der Waals surface area contributed by atoms with Crippen LogP contribution in [-0.2, 0) is 9.53 Å². The van der Waals surface area contributed by atoms with Gasteiger partial charge in [-0.25, -0.2) is 0 Å². The molecule has 18 heavy (non-hydrogen) atoms. The highest BCUT2D eigenvalue weighted by Crippen LogP contribution is 2.10. The summed E-state index contributed by atoms with van der Waals surface area (Å²) >= 11 is 10.5. The molecule has 0 aliphatic heterocycles. The lowest BCUT2D eigenvalue weighted by molar-refractivity contribution is -0.115. The van der Waals surface area contributed by atoms with Gasteiger partial charge >= 0.3 is 0 Å². The van der Waals surface area contributed by atoms with Crippen molar-refractivity contribution in [2.75, 3.05) is 6.61 Å². The summed E-state index contributed by atoms with van der Waals surface area (Å²) in [5.41, 5.74) is 0.868. The van der Waals surface area contributed by atoms with E-state index in [1.54, 1.807) is 36.4 Å². The van der Waals surface area contributed by atoms with Crippen LogP contribution in [0.25, 0.3) is 6.08 Å². The van der Waals surface area contributed by atoms with Gasteiger partial charge < -0.3 is 4.74 Å². The first-order valence-electron chi connectivity index (χ1n) is 5.14. The van der Waals surface area contributed by atoms with E-state index in [2.05, 4.69) is 11.9 Å². The molecule has 1 rings (SSSR count). The van der Waals surface area contributed by atoms with Gasteiger partial charge in [-0.05, 0) is 36.0 Å². The minimum atomic E-state index is -0.348. The summed E-state index contributed by atoms with van der Waals surface area (Å²) in [6, 6.07) is 7.10. The first-order chi connectivity index (χ1) is 8.61. The van der Waals surface area contributed by atoms with Crippen molar-refractivity contribution in [1.82, 2.24) is 5.32 Å². The summed E-state index contributed by atoms with van der Waals surface area (Å²) < 4.78 is 4.96. The molecule has 0 spiro atoms. The Morgan fingerprint density at radius 3 is 2.72 bits per heavy atom. The van der Waals surface area contributed by atoms with E-state index in [9.17, 15) is 4.79 Å². The van der Waals surface area contributed by atoms with Gasteiger partial charge in [0.2, 0.25) is 0 Å². The lowest BCUT2D eigenvalue weighted by atomic mass is 10.2. The average molecular weight is 282 g/mol. The summed E-state index contributed by atoms with van der Waals surface area (Å²) in [6.07, 6.45) is 4.57. The van der Waals surface area contributed by atoms with Crippen molar-refractivity contribution < 1.29 is 9.53 Å². The summed E-state index contributed by atoms with van der Waals surface area (Å²) in [4.78, 5) is 11.4. The summed E-state index contributed by atoms with van der Waals surface area (Å²) in [6.45, 7) is 3.74. The molecule has 0 bridgehead atoms. The third-order valence-electron chi connectivity index (χ3n) is 1.85. The van der Waals surface area contributed by atoms with Crippen LogP contribution in [0.4, 0.5) is 0 Å². The largest absolute Gasteiger partial charge is 0.467 e. The molecule has 0 unspecified atom stereocenters. The van der Waals surface area contributed by atoms with Gasteiger partial charge in [0.05, 0.1) is 0 Å². The topological polar surface area (TPSA) is 38.3 Å². The van der Waals surface area contributed by atoms with Crippen molar-refractivity contribution in [3.05, 3.63) is 53.6 Å². The van der Waals surface area contributed by atoms with E-state index >= 15 is 0 Å². The molecule has 94 valence electrons. The Balaban J connectivity index is 2.46. The van der Waals surface area contributed by atoms with Crippen LogP contribution in [0.1, 0.15) is 5.56 Å². The molecule has 1 aromatic rings. The second-order valence-corrected chi connectivity index (χ2v) is 4.07. The molecule has 0 fully saturated rings. The fourth-order valence-electron chi connectivity index (χ4n) is 1.06. The highest BCUT2D eigenvalue weighted by Gasteiger charge is 2.00. The van der Waals surface area contributed by atoms with Gasteiger partial charge in [0.15, 0.2) is 0 Å². The normalized spacial score (nSPS) is 10.1. The number of benzene rings is 1. The van der Waals surface area contributed by atoms with Gasteiger partial charge in [-0.2, -0.15) is 0 Å². The first kappa shape index (κ1) is 14.4. The molecule has 3 nitrogen and oxygen atoms in total. The highest BCUT2D eigenvalue weighted by atomic mass is 35.5. The van der Waals surface area contributed by atoms with Crippen LogP contribution in [0.2, 0.25) is 5.02 Å². The fraction of sp³-hybridized carbons (Fsp3) is 0.0769. The lowest BCUT2D eigenvalue weighted by Gasteiger charge is -2.04. The predicted molar refractivity (Wildman–Crippen MR) is 77.4 cm³/mol. The molecule has 0 atom stereocenters. The second-order valence-electron chi connectivity index (χ2n) is 3.26. The molecular weight excluding hydrogens is 270 g/mol. The molecule has 0 saturated heterocycles.